The van der Waals surface area contributed by atoms with Crippen LogP contribution in [0.1, 0.15) is 12.8 Å². The van der Waals surface area contributed by atoms with Gasteiger partial charge in [0.2, 0.25) is 0 Å². The second-order valence-corrected chi connectivity index (χ2v) is 5.22. The molecular weight excluding hydrogens is 242 g/mol. The molecule has 6 nitrogen and oxygen atoms in total. The van der Waals surface area contributed by atoms with Crippen LogP contribution in [0.5, 0.6) is 0 Å². The van der Waals surface area contributed by atoms with Crippen molar-refractivity contribution in [2.75, 3.05) is 60.5 Å². The van der Waals surface area contributed by atoms with E-state index in [4.69, 9.17) is 10.5 Å². The van der Waals surface area contributed by atoms with Gasteiger partial charge in [0, 0.05) is 26.2 Å². The highest BCUT2D eigenvalue weighted by molar-refractivity contribution is 5.77. The van der Waals surface area contributed by atoms with Crippen LogP contribution in [-0.4, -0.2) is 82.3 Å². The Morgan fingerprint density at radius 2 is 2.11 bits per heavy atom. The Kier molecular flexibility index (Phi) is 7.78. The van der Waals surface area contributed by atoms with E-state index in [1.807, 2.05) is 0 Å². The van der Waals surface area contributed by atoms with Crippen LogP contribution in [0, 0.1) is 0 Å². The van der Waals surface area contributed by atoms with Crippen molar-refractivity contribution in [2.45, 2.75) is 18.9 Å². The van der Waals surface area contributed by atoms with E-state index in [0.29, 0.717) is 19.1 Å². The molecule has 0 aliphatic carbocycles. The number of hydrogen-bond acceptors (Lipinski definition) is 4. The normalized spacial score (nSPS) is 19.1. The molecule has 0 saturated carbocycles. The number of nitrogens with two attached hydrogens (primary N) is 1. The van der Waals surface area contributed by atoms with Crippen LogP contribution < -0.4 is 11.1 Å². The second-order valence-electron chi connectivity index (χ2n) is 5.22. The lowest BCUT2D eigenvalue weighted by atomic mass is 10.0. The van der Waals surface area contributed by atoms with Crippen molar-refractivity contribution in [2.24, 2.45) is 10.7 Å². The Morgan fingerprint density at radius 3 is 2.68 bits per heavy atom. The molecule has 0 atom stereocenters. The number of hydrogen-bond donors (Lipinski definition) is 2. The van der Waals surface area contributed by atoms with Gasteiger partial charge in [-0.3, -0.25) is 4.99 Å². The molecule has 3 N–H and O–H groups in total. The highest BCUT2D eigenvalue weighted by atomic mass is 16.5. The fourth-order valence-electron chi connectivity index (χ4n) is 2.31. The molecule has 0 aromatic heterocycles. The summed E-state index contributed by atoms with van der Waals surface area (Å²) < 4.78 is 4.94. The van der Waals surface area contributed by atoms with E-state index in [9.17, 15) is 0 Å². The summed E-state index contributed by atoms with van der Waals surface area (Å²) in [5.41, 5.74) is 5.75. The van der Waals surface area contributed by atoms with Crippen LogP contribution in [0.3, 0.4) is 0 Å². The van der Waals surface area contributed by atoms with Crippen molar-refractivity contribution in [1.82, 2.24) is 15.1 Å². The quantitative estimate of drug-likeness (QED) is 0.373. The summed E-state index contributed by atoms with van der Waals surface area (Å²) in [6.07, 6.45) is 2.50. The Balaban J connectivity index is 2.11. The minimum Gasteiger partial charge on any atom is -0.383 e. The zero-order chi connectivity index (χ0) is 14.1. The van der Waals surface area contributed by atoms with E-state index in [1.165, 1.54) is 12.8 Å². The standard InChI is InChI=1S/C13H29N5O/c1-17(2)12-4-8-18(9-5-12)10-6-15-13(14)16-7-11-19-3/h12H,4-11H2,1-3H3,(H3,14,15,16). The van der Waals surface area contributed by atoms with Crippen molar-refractivity contribution in [3.05, 3.63) is 0 Å². The van der Waals surface area contributed by atoms with Gasteiger partial charge in [0.25, 0.3) is 0 Å². The Morgan fingerprint density at radius 1 is 1.42 bits per heavy atom. The zero-order valence-corrected chi connectivity index (χ0v) is 12.6. The topological polar surface area (TPSA) is 66.1 Å². The molecular formula is C13H29N5O. The molecule has 0 bridgehead atoms. The van der Waals surface area contributed by atoms with Crippen LogP contribution in [0.4, 0.5) is 0 Å². The Labute approximate surface area is 117 Å². The molecule has 0 unspecified atom stereocenters. The largest absolute Gasteiger partial charge is 0.383 e. The number of methoxy groups -OCH3 is 1. The maximum Gasteiger partial charge on any atom is 0.188 e. The monoisotopic (exact) mass is 271 g/mol. The van der Waals surface area contributed by atoms with Crippen LogP contribution in [0.25, 0.3) is 0 Å². The van der Waals surface area contributed by atoms with Crippen LogP contribution in [0.2, 0.25) is 0 Å². The van der Waals surface area contributed by atoms with Gasteiger partial charge in [-0.1, -0.05) is 0 Å². The van der Waals surface area contributed by atoms with E-state index in [0.717, 1.165) is 32.2 Å². The number of ether oxygens (including phenoxy) is 1. The zero-order valence-electron chi connectivity index (χ0n) is 12.6. The number of aliphatic imine (C=N–C) groups is 1. The average molecular weight is 271 g/mol. The molecule has 1 saturated heterocycles. The molecule has 0 radical (unpaired) electrons. The van der Waals surface area contributed by atoms with Crippen LogP contribution in [0.15, 0.2) is 4.99 Å². The summed E-state index contributed by atoms with van der Waals surface area (Å²) in [4.78, 5) is 9.11. The Hall–Kier alpha value is -0.850. The third-order valence-electron chi connectivity index (χ3n) is 3.60. The smallest absolute Gasteiger partial charge is 0.188 e. The molecule has 1 rings (SSSR count). The van der Waals surface area contributed by atoms with E-state index < -0.39 is 0 Å². The average Bonchev–Trinajstić information content (AvgIpc) is 2.39. The Bertz CT molecular complexity index is 262. The van der Waals surface area contributed by atoms with Crippen molar-refractivity contribution in [1.29, 1.82) is 0 Å². The van der Waals surface area contributed by atoms with Gasteiger partial charge in [0.1, 0.15) is 0 Å². The number of nitrogens with zero attached hydrogens (tertiary/aromatic N) is 3. The van der Waals surface area contributed by atoms with Crippen molar-refractivity contribution < 1.29 is 4.74 Å². The maximum absolute atomic E-state index is 5.75. The molecule has 1 heterocycles. The predicted molar refractivity (Wildman–Crippen MR) is 79.5 cm³/mol. The van der Waals surface area contributed by atoms with Gasteiger partial charge in [-0.25, -0.2) is 0 Å². The molecule has 19 heavy (non-hydrogen) atoms. The maximum atomic E-state index is 5.75. The highest BCUT2D eigenvalue weighted by Gasteiger charge is 2.19. The third kappa shape index (κ3) is 6.75. The van der Waals surface area contributed by atoms with Crippen LogP contribution in [-0.2, 0) is 4.74 Å². The number of likely N-dealkylation sites (tertiary alicyclic amines) is 1. The van der Waals surface area contributed by atoms with Crippen molar-refractivity contribution >= 4 is 5.96 Å². The predicted octanol–water partition coefficient (Wildman–Crippen LogP) is -0.437. The summed E-state index contributed by atoms with van der Waals surface area (Å²) in [5.74, 6) is 0.514. The summed E-state index contributed by atoms with van der Waals surface area (Å²) in [6, 6.07) is 0.737. The first-order valence-corrected chi connectivity index (χ1v) is 7.05. The van der Waals surface area contributed by atoms with Gasteiger partial charge in [-0.05, 0) is 40.0 Å². The molecule has 0 spiro atoms. The fourth-order valence-corrected chi connectivity index (χ4v) is 2.31. The van der Waals surface area contributed by atoms with Gasteiger partial charge in [-0.2, -0.15) is 0 Å². The van der Waals surface area contributed by atoms with Crippen LogP contribution >= 0.6 is 0 Å². The van der Waals surface area contributed by atoms with Gasteiger partial charge in [0.05, 0.1) is 13.2 Å². The molecule has 1 aliphatic heterocycles. The second kappa shape index (κ2) is 9.12. The lowest BCUT2D eigenvalue weighted by Gasteiger charge is -2.34. The number of nitrogens with one attached hydrogen (secondary N) is 1. The molecule has 0 aromatic rings. The molecule has 0 aromatic carbocycles. The van der Waals surface area contributed by atoms with E-state index >= 15 is 0 Å². The minimum absolute atomic E-state index is 0.514. The molecule has 6 heteroatoms. The van der Waals surface area contributed by atoms with Gasteiger partial charge in [-0.15, -0.1) is 0 Å². The molecule has 1 aliphatic rings. The first-order valence-electron chi connectivity index (χ1n) is 7.05. The first kappa shape index (κ1) is 16.2. The number of rotatable bonds is 7. The van der Waals surface area contributed by atoms with E-state index in [1.54, 1.807) is 7.11 Å². The van der Waals surface area contributed by atoms with Gasteiger partial charge in [0.15, 0.2) is 5.96 Å². The molecule has 1 fully saturated rings. The van der Waals surface area contributed by atoms with Gasteiger partial charge < -0.3 is 25.6 Å². The van der Waals surface area contributed by atoms with Gasteiger partial charge >= 0.3 is 0 Å². The summed E-state index contributed by atoms with van der Waals surface area (Å²) in [6.45, 7) is 5.43. The lowest BCUT2D eigenvalue weighted by molar-refractivity contribution is 0.148. The highest BCUT2D eigenvalue weighted by Crippen LogP contribution is 2.13. The van der Waals surface area contributed by atoms with E-state index in [2.05, 4.69) is 34.2 Å². The van der Waals surface area contributed by atoms with Crippen molar-refractivity contribution in [3.63, 3.8) is 0 Å². The number of piperidine rings is 1. The first-order chi connectivity index (χ1) is 9.13. The number of guanidine groups is 1. The van der Waals surface area contributed by atoms with E-state index in [-0.39, 0.29) is 0 Å². The molecule has 0 amide bonds. The SMILES string of the molecule is COCCNC(N)=NCCN1CCC(N(C)C)CC1. The fraction of sp³-hybridized carbons (Fsp3) is 0.923. The third-order valence-corrected chi connectivity index (χ3v) is 3.60. The van der Waals surface area contributed by atoms with Crippen molar-refractivity contribution in [3.8, 4) is 0 Å². The molecule has 112 valence electrons. The lowest BCUT2D eigenvalue weighted by Crippen LogP contribution is -2.43. The summed E-state index contributed by atoms with van der Waals surface area (Å²) in [5, 5.41) is 3.02. The minimum atomic E-state index is 0.514. The summed E-state index contributed by atoms with van der Waals surface area (Å²) in [7, 11) is 6.00. The summed E-state index contributed by atoms with van der Waals surface area (Å²) >= 11 is 0.